The summed E-state index contributed by atoms with van der Waals surface area (Å²) in [5, 5.41) is 9.02. The minimum absolute atomic E-state index is 0.00579. The molecule has 1 unspecified atom stereocenters. The number of hydrogen-bond acceptors (Lipinski definition) is 4. The first kappa shape index (κ1) is 13.7. The fourth-order valence-corrected chi connectivity index (χ4v) is 3.78. The molecule has 1 heterocycles. The van der Waals surface area contributed by atoms with Gasteiger partial charge in [0.2, 0.25) is 10.0 Å². The lowest BCUT2D eigenvalue weighted by atomic mass is 10.2. The Kier molecular flexibility index (Phi) is 3.68. The highest BCUT2D eigenvalue weighted by Gasteiger charge is 2.39. The van der Waals surface area contributed by atoms with Crippen LogP contribution in [0.1, 0.15) is 23.2 Å². The number of nitrogens with zero attached hydrogens (tertiary/aromatic N) is 1. The van der Waals surface area contributed by atoms with Crippen LogP contribution < -0.4 is 0 Å². The topological polar surface area (TPSA) is 91.8 Å². The third-order valence-corrected chi connectivity index (χ3v) is 5.03. The van der Waals surface area contributed by atoms with Gasteiger partial charge < -0.3 is 5.11 Å². The van der Waals surface area contributed by atoms with E-state index in [2.05, 4.69) is 0 Å². The van der Waals surface area contributed by atoms with Crippen LogP contribution in [-0.2, 0) is 14.8 Å². The summed E-state index contributed by atoms with van der Waals surface area (Å²) in [6, 6.07) is 4.42. The van der Waals surface area contributed by atoms with Gasteiger partial charge in [0.25, 0.3) is 0 Å². The number of carboxylic acids is 1. The second kappa shape index (κ2) is 5.10. The molecular formula is C12H13NO5S. The largest absolute Gasteiger partial charge is 0.480 e. The summed E-state index contributed by atoms with van der Waals surface area (Å²) in [7, 11) is -3.82. The molecule has 1 fully saturated rings. The molecule has 0 aromatic heterocycles. The number of rotatable bonds is 4. The predicted octanol–water partition coefficient (Wildman–Crippen LogP) is 0.737. The molecule has 2 rings (SSSR count). The molecule has 1 aromatic rings. The number of carbonyl (C=O) groups excluding carboxylic acids is 1. The summed E-state index contributed by atoms with van der Waals surface area (Å²) in [4.78, 5) is 21.6. The van der Waals surface area contributed by atoms with E-state index in [9.17, 15) is 18.0 Å². The van der Waals surface area contributed by atoms with E-state index < -0.39 is 22.0 Å². The van der Waals surface area contributed by atoms with Crippen LogP contribution in [0.15, 0.2) is 29.2 Å². The summed E-state index contributed by atoms with van der Waals surface area (Å²) in [5.41, 5.74) is 0.371. The Bertz CT molecular complexity index is 593. The Morgan fingerprint density at radius 2 is 1.95 bits per heavy atom. The van der Waals surface area contributed by atoms with Gasteiger partial charge in [-0.15, -0.1) is 0 Å². The van der Waals surface area contributed by atoms with Crippen LogP contribution >= 0.6 is 0 Å². The fourth-order valence-electron chi connectivity index (χ4n) is 2.13. The fraction of sp³-hybridized carbons (Fsp3) is 0.333. The summed E-state index contributed by atoms with van der Waals surface area (Å²) in [5.74, 6) is -1.13. The second-order valence-corrected chi connectivity index (χ2v) is 6.19. The molecule has 7 heteroatoms. The van der Waals surface area contributed by atoms with Gasteiger partial charge in [-0.1, -0.05) is 12.1 Å². The first-order valence-corrected chi connectivity index (χ1v) is 7.20. The van der Waals surface area contributed by atoms with E-state index in [-0.39, 0.29) is 11.4 Å². The van der Waals surface area contributed by atoms with Gasteiger partial charge in [0.15, 0.2) is 0 Å². The summed E-state index contributed by atoms with van der Waals surface area (Å²) in [6.45, 7) is 0.203. The van der Waals surface area contributed by atoms with Crippen LogP contribution in [0.5, 0.6) is 0 Å². The van der Waals surface area contributed by atoms with Crippen LogP contribution in [0.4, 0.5) is 0 Å². The zero-order chi connectivity index (χ0) is 14.0. The van der Waals surface area contributed by atoms with Gasteiger partial charge in [0, 0.05) is 12.1 Å². The molecule has 1 atom stereocenters. The van der Waals surface area contributed by atoms with Crippen LogP contribution in [-0.4, -0.2) is 42.7 Å². The molecule has 0 aliphatic carbocycles. The highest BCUT2D eigenvalue weighted by atomic mass is 32.2. The van der Waals surface area contributed by atoms with Crippen LogP contribution in [0.25, 0.3) is 0 Å². The van der Waals surface area contributed by atoms with Crippen LogP contribution in [0.2, 0.25) is 0 Å². The zero-order valence-electron chi connectivity index (χ0n) is 10.0. The maximum atomic E-state index is 12.3. The molecule has 0 amide bonds. The van der Waals surface area contributed by atoms with Gasteiger partial charge in [0.1, 0.15) is 12.3 Å². The smallest absolute Gasteiger partial charge is 0.322 e. The number of benzene rings is 1. The number of hydrogen-bond donors (Lipinski definition) is 1. The third kappa shape index (κ3) is 2.52. The van der Waals surface area contributed by atoms with E-state index in [0.29, 0.717) is 24.7 Å². The second-order valence-electron chi connectivity index (χ2n) is 4.30. The third-order valence-electron chi connectivity index (χ3n) is 3.11. The van der Waals surface area contributed by atoms with Gasteiger partial charge in [-0.05, 0) is 25.0 Å². The van der Waals surface area contributed by atoms with Crippen LogP contribution in [0.3, 0.4) is 0 Å². The monoisotopic (exact) mass is 283 g/mol. The lowest BCUT2D eigenvalue weighted by molar-refractivity contribution is -0.140. The van der Waals surface area contributed by atoms with E-state index in [4.69, 9.17) is 5.11 Å². The zero-order valence-corrected chi connectivity index (χ0v) is 10.8. The summed E-state index contributed by atoms with van der Waals surface area (Å²) >= 11 is 0. The van der Waals surface area contributed by atoms with Gasteiger partial charge in [-0.2, -0.15) is 4.31 Å². The van der Waals surface area contributed by atoms with Crippen molar-refractivity contribution in [1.29, 1.82) is 0 Å². The average molecular weight is 283 g/mol. The van der Waals surface area contributed by atoms with Crippen molar-refractivity contribution in [3.8, 4) is 0 Å². The highest BCUT2D eigenvalue weighted by molar-refractivity contribution is 7.89. The Balaban J connectivity index is 2.35. The van der Waals surface area contributed by atoms with Crippen molar-refractivity contribution in [2.24, 2.45) is 0 Å². The van der Waals surface area contributed by atoms with Crippen molar-refractivity contribution < 1.29 is 23.1 Å². The van der Waals surface area contributed by atoms with Gasteiger partial charge in [-0.25, -0.2) is 8.42 Å². The summed E-state index contributed by atoms with van der Waals surface area (Å²) in [6.07, 6.45) is 1.47. The highest BCUT2D eigenvalue weighted by Crippen LogP contribution is 2.26. The Morgan fingerprint density at radius 1 is 1.32 bits per heavy atom. The Morgan fingerprint density at radius 3 is 2.47 bits per heavy atom. The Hall–Kier alpha value is -1.73. The van der Waals surface area contributed by atoms with E-state index >= 15 is 0 Å². The molecule has 102 valence electrons. The van der Waals surface area contributed by atoms with E-state index in [1.807, 2.05) is 0 Å². The van der Waals surface area contributed by atoms with E-state index in [1.54, 1.807) is 0 Å². The SMILES string of the molecule is O=Cc1ccc(S(=O)(=O)N2CCCC2C(=O)O)cc1. The van der Waals surface area contributed by atoms with Crippen LogP contribution in [0, 0.1) is 0 Å². The number of aliphatic carboxylic acids is 1. The molecule has 1 saturated heterocycles. The number of carbonyl (C=O) groups is 2. The maximum absolute atomic E-state index is 12.3. The molecule has 6 nitrogen and oxygen atoms in total. The first-order chi connectivity index (χ1) is 8.96. The van der Waals surface area contributed by atoms with E-state index in [1.165, 1.54) is 24.3 Å². The number of sulfonamides is 1. The molecule has 19 heavy (non-hydrogen) atoms. The van der Waals surface area contributed by atoms with Gasteiger partial charge in [-0.3, -0.25) is 9.59 Å². The molecule has 1 aliphatic heterocycles. The van der Waals surface area contributed by atoms with Crippen molar-refractivity contribution in [3.63, 3.8) is 0 Å². The number of carboxylic acid groups (broad SMARTS) is 1. The molecule has 0 spiro atoms. The molecule has 1 aliphatic rings. The van der Waals surface area contributed by atoms with Crippen molar-refractivity contribution in [2.45, 2.75) is 23.8 Å². The maximum Gasteiger partial charge on any atom is 0.322 e. The van der Waals surface area contributed by atoms with Gasteiger partial charge >= 0.3 is 5.97 Å². The molecule has 1 N–H and O–H groups in total. The molecular weight excluding hydrogens is 270 g/mol. The van der Waals surface area contributed by atoms with Crippen molar-refractivity contribution in [1.82, 2.24) is 4.31 Å². The molecule has 0 radical (unpaired) electrons. The van der Waals surface area contributed by atoms with Gasteiger partial charge in [0.05, 0.1) is 4.90 Å². The minimum Gasteiger partial charge on any atom is -0.480 e. The average Bonchev–Trinajstić information content (AvgIpc) is 2.89. The van der Waals surface area contributed by atoms with Crippen molar-refractivity contribution in [2.75, 3.05) is 6.54 Å². The molecule has 0 bridgehead atoms. The standard InChI is InChI=1S/C12H13NO5S/c14-8-9-3-5-10(6-4-9)19(17,18)13-7-1-2-11(13)12(15)16/h3-6,8,11H,1-2,7H2,(H,15,16). The predicted molar refractivity (Wildman–Crippen MR) is 66.4 cm³/mol. The van der Waals surface area contributed by atoms with Crippen molar-refractivity contribution >= 4 is 22.3 Å². The van der Waals surface area contributed by atoms with Crippen molar-refractivity contribution in [3.05, 3.63) is 29.8 Å². The lowest BCUT2D eigenvalue weighted by Crippen LogP contribution is -2.40. The molecule has 1 aromatic carbocycles. The first-order valence-electron chi connectivity index (χ1n) is 5.76. The Labute approximate surface area is 110 Å². The molecule has 0 saturated carbocycles. The summed E-state index contributed by atoms with van der Waals surface area (Å²) < 4.78 is 25.7. The lowest BCUT2D eigenvalue weighted by Gasteiger charge is -2.20. The van der Waals surface area contributed by atoms with E-state index in [0.717, 1.165) is 4.31 Å². The number of aldehydes is 1. The normalized spacial score (nSPS) is 20.3. The quantitative estimate of drug-likeness (QED) is 0.823. The minimum atomic E-state index is -3.82.